The molecule has 0 aliphatic heterocycles. The van der Waals surface area contributed by atoms with E-state index in [-0.39, 0.29) is 0 Å². The largest absolute Gasteiger partial charge is 0.314 e. The van der Waals surface area contributed by atoms with Gasteiger partial charge >= 0.3 is 0 Å². The van der Waals surface area contributed by atoms with Gasteiger partial charge in [0.25, 0.3) is 0 Å². The average Bonchev–Trinajstić information content (AvgIpc) is 2.82. The Morgan fingerprint density at radius 3 is 2.50 bits per heavy atom. The van der Waals surface area contributed by atoms with Crippen LogP contribution in [0.15, 0.2) is 17.5 Å². The number of thiophene rings is 1. The van der Waals surface area contributed by atoms with Crippen molar-refractivity contribution in [2.24, 2.45) is 11.3 Å². The number of rotatable bonds is 4. The zero-order valence-electron chi connectivity index (χ0n) is 12.0. The van der Waals surface area contributed by atoms with E-state index in [1.807, 2.05) is 11.3 Å². The molecule has 0 atom stereocenters. The summed E-state index contributed by atoms with van der Waals surface area (Å²) in [6.07, 6.45) is 6.73. The van der Waals surface area contributed by atoms with Crippen LogP contribution >= 0.6 is 11.3 Å². The fourth-order valence-corrected chi connectivity index (χ4v) is 3.73. The SMILES string of the molecule is CC(C)(C)C1CCC(NCCc2cccs2)CC1. The van der Waals surface area contributed by atoms with E-state index < -0.39 is 0 Å². The minimum atomic E-state index is 0.502. The van der Waals surface area contributed by atoms with Gasteiger partial charge in [-0.15, -0.1) is 11.3 Å². The Morgan fingerprint density at radius 2 is 1.94 bits per heavy atom. The Morgan fingerprint density at radius 1 is 1.22 bits per heavy atom. The fourth-order valence-electron chi connectivity index (χ4n) is 3.02. The van der Waals surface area contributed by atoms with E-state index >= 15 is 0 Å². The fraction of sp³-hybridized carbons (Fsp3) is 0.750. The molecule has 1 aromatic heterocycles. The van der Waals surface area contributed by atoms with Crippen LogP contribution in [0.2, 0.25) is 0 Å². The smallest absolute Gasteiger partial charge is 0.00674 e. The van der Waals surface area contributed by atoms with E-state index in [1.165, 1.54) is 37.0 Å². The van der Waals surface area contributed by atoms with Crippen molar-refractivity contribution in [2.75, 3.05) is 6.54 Å². The summed E-state index contributed by atoms with van der Waals surface area (Å²) >= 11 is 1.87. The lowest BCUT2D eigenvalue weighted by atomic mass is 9.71. The van der Waals surface area contributed by atoms with Gasteiger partial charge < -0.3 is 5.32 Å². The Labute approximate surface area is 116 Å². The second-order valence-electron chi connectivity index (χ2n) is 6.70. The Balaban J connectivity index is 1.65. The molecule has 1 N–H and O–H groups in total. The molecular formula is C16H27NS. The third kappa shape index (κ3) is 4.10. The predicted octanol–water partition coefficient (Wildman–Crippen LogP) is 4.49. The molecule has 0 unspecified atom stereocenters. The van der Waals surface area contributed by atoms with Crippen molar-refractivity contribution in [1.82, 2.24) is 5.32 Å². The molecule has 2 heteroatoms. The summed E-state index contributed by atoms with van der Waals surface area (Å²) in [4.78, 5) is 1.51. The number of hydrogen-bond donors (Lipinski definition) is 1. The molecule has 1 aliphatic carbocycles. The molecule has 102 valence electrons. The lowest BCUT2D eigenvalue weighted by Gasteiger charge is -2.37. The van der Waals surface area contributed by atoms with Crippen molar-refractivity contribution in [1.29, 1.82) is 0 Å². The summed E-state index contributed by atoms with van der Waals surface area (Å²) in [5.74, 6) is 0.924. The average molecular weight is 265 g/mol. The highest BCUT2D eigenvalue weighted by atomic mass is 32.1. The number of hydrogen-bond acceptors (Lipinski definition) is 2. The van der Waals surface area contributed by atoms with Crippen LogP contribution in [0.3, 0.4) is 0 Å². The van der Waals surface area contributed by atoms with Crippen LogP contribution in [0.5, 0.6) is 0 Å². The van der Waals surface area contributed by atoms with E-state index in [0.29, 0.717) is 5.41 Å². The second kappa shape index (κ2) is 6.21. The Kier molecular flexibility index (Phi) is 4.85. The standard InChI is InChI=1S/C16H27NS/c1-16(2,3)13-6-8-14(9-7-13)17-11-10-15-5-4-12-18-15/h4-5,12-14,17H,6-11H2,1-3H3. The highest BCUT2D eigenvalue weighted by Gasteiger charge is 2.29. The van der Waals surface area contributed by atoms with Crippen molar-refractivity contribution in [3.63, 3.8) is 0 Å². The lowest BCUT2D eigenvalue weighted by Crippen LogP contribution is -2.37. The maximum absolute atomic E-state index is 3.74. The number of nitrogens with one attached hydrogen (secondary N) is 1. The molecule has 0 saturated heterocycles. The summed E-state index contributed by atoms with van der Waals surface area (Å²) in [5, 5.41) is 5.91. The topological polar surface area (TPSA) is 12.0 Å². The highest BCUT2D eigenvalue weighted by Crippen LogP contribution is 2.37. The van der Waals surface area contributed by atoms with Crippen LogP contribution in [-0.4, -0.2) is 12.6 Å². The first-order valence-electron chi connectivity index (χ1n) is 7.31. The summed E-state index contributed by atoms with van der Waals surface area (Å²) in [6.45, 7) is 8.32. The van der Waals surface area contributed by atoms with Crippen molar-refractivity contribution < 1.29 is 0 Å². The maximum atomic E-state index is 3.74. The molecular weight excluding hydrogens is 238 g/mol. The van der Waals surface area contributed by atoms with Gasteiger partial charge in [0.05, 0.1) is 0 Å². The zero-order valence-corrected chi connectivity index (χ0v) is 12.9. The predicted molar refractivity (Wildman–Crippen MR) is 81.2 cm³/mol. The minimum absolute atomic E-state index is 0.502. The van der Waals surface area contributed by atoms with Crippen molar-refractivity contribution in [3.05, 3.63) is 22.4 Å². The van der Waals surface area contributed by atoms with Gasteiger partial charge in [0.2, 0.25) is 0 Å². The molecule has 1 aliphatic rings. The maximum Gasteiger partial charge on any atom is 0.00674 e. The van der Waals surface area contributed by atoms with E-state index in [2.05, 4.69) is 43.6 Å². The van der Waals surface area contributed by atoms with Crippen molar-refractivity contribution in [2.45, 2.75) is 58.9 Å². The molecule has 1 fully saturated rings. The van der Waals surface area contributed by atoms with Gasteiger partial charge in [0.15, 0.2) is 0 Å². The molecule has 1 aromatic rings. The summed E-state index contributed by atoms with van der Waals surface area (Å²) in [6, 6.07) is 5.15. The molecule has 0 bridgehead atoms. The van der Waals surface area contributed by atoms with Crippen LogP contribution in [0.1, 0.15) is 51.3 Å². The van der Waals surface area contributed by atoms with Gasteiger partial charge in [-0.05, 0) is 54.9 Å². The van der Waals surface area contributed by atoms with Gasteiger partial charge in [-0.1, -0.05) is 26.8 Å². The first-order chi connectivity index (χ1) is 8.55. The Bertz CT molecular complexity index is 328. The van der Waals surface area contributed by atoms with Gasteiger partial charge in [0.1, 0.15) is 0 Å². The third-order valence-electron chi connectivity index (χ3n) is 4.34. The monoisotopic (exact) mass is 265 g/mol. The van der Waals surface area contributed by atoms with E-state index in [0.717, 1.165) is 18.5 Å². The van der Waals surface area contributed by atoms with Gasteiger partial charge in [-0.2, -0.15) is 0 Å². The molecule has 2 rings (SSSR count). The molecule has 1 heterocycles. The molecule has 0 radical (unpaired) electrons. The molecule has 1 nitrogen and oxygen atoms in total. The van der Waals surface area contributed by atoms with Crippen LogP contribution < -0.4 is 5.32 Å². The molecule has 1 saturated carbocycles. The van der Waals surface area contributed by atoms with Crippen LogP contribution in [0.25, 0.3) is 0 Å². The first kappa shape index (κ1) is 14.1. The summed E-state index contributed by atoms with van der Waals surface area (Å²) in [5.41, 5.74) is 0.502. The van der Waals surface area contributed by atoms with Gasteiger partial charge in [-0.25, -0.2) is 0 Å². The second-order valence-corrected chi connectivity index (χ2v) is 7.73. The zero-order chi connectivity index (χ0) is 13.0. The van der Waals surface area contributed by atoms with Gasteiger partial charge in [0, 0.05) is 17.5 Å². The molecule has 0 amide bonds. The Hall–Kier alpha value is -0.340. The van der Waals surface area contributed by atoms with Crippen molar-refractivity contribution >= 4 is 11.3 Å². The van der Waals surface area contributed by atoms with E-state index in [1.54, 1.807) is 0 Å². The molecule has 18 heavy (non-hydrogen) atoms. The lowest BCUT2D eigenvalue weighted by molar-refractivity contribution is 0.160. The molecule has 0 aromatic carbocycles. The summed E-state index contributed by atoms with van der Waals surface area (Å²) < 4.78 is 0. The third-order valence-corrected chi connectivity index (χ3v) is 5.27. The highest BCUT2D eigenvalue weighted by molar-refractivity contribution is 7.09. The van der Waals surface area contributed by atoms with Gasteiger partial charge in [-0.3, -0.25) is 0 Å². The van der Waals surface area contributed by atoms with Crippen LogP contribution in [0.4, 0.5) is 0 Å². The minimum Gasteiger partial charge on any atom is -0.314 e. The summed E-state index contributed by atoms with van der Waals surface area (Å²) in [7, 11) is 0. The van der Waals surface area contributed by atoms with E-state index in [4.69, 9.17) is 0 Å². The molecule has 0 spiro atoms. The van der Waals surface area contributed by atoms with Crippen LogP contribution in [-0.2, 0) is 6.42 Å². The van der Waals surface area contributed by atoms with E-state index in [9.17, 15) is 0 Å². The first-order valence-corrected chi connectivity index (χ1v) is 8.19. The van der Waals surface area contributed by atoms with Crippen LogP contribution in [0, 0.1) is 11.3 Å². The normalized spacial score (nSPS) is 25.3. The quantitative estimate of drug-likeness (QED) is 0.846. The van der Waals surface area contributed by atoms with Crippen molar-refractivity contribution in [3.8, 4) is 0 Å².